The second kappa shape index (κ2) is 9.03. The standard InChI is InChI=1S/C19H22FNO3/c1-23-16-8-5-7-15(12-16)18(24-2)13-21-19(22)11-10-14-6-3-4-9-17(14)20/h3-9,12,18H,10-11,13H2,1-2H3,(H,21,22)/t18-/m0/s1. The van der Waals surface area contributed by atoms with E-state index in [0.717, 1.165) is 11.3 Å². The molecule has 5 heteroatoms. The molecule has 0 saturated heterocycles. The molecule has 0 heterocycles. The highest BCUT2D eigenvalue weighted by molar-refractivity contribution is 5.76. The predicted octanol–water partition coefficient (Wildman–Crippen LogP) is 3.27. The normalized spacial score (nSPS) is 11.8. The lowest BCUT2D eigenvalue weighted by molar-refractivity contribution is -0.121. The zero-order valence-corrected chi connectivity index (χ0v) is 13.9. The van der Waals surface area contributed by atoms with Crippen LogP contribution in [0.2, 0.25) is 0 Å². The molecule has 1 amide bonds. The molecule has 0 aromatic heterocycles. The number of rotatable bonds is 8. The van der Waals surface area contributed by atoms with Gasteiger partial charge in [0.2, 0.25) is 5.91 Å². The van der Waals surface area contributed by atoms with E-state index >= 15 is 0 Å². The van der Waals surface area contributed by atoms with E-state index in [4.69, 9.17) is 9.47 Å². The number of amides is 1. The summed E-state index contributed by atoms with van der Waals surface area (Å²) in [4.78, 5) is 12.0. The van der Waals surface area contributed by atoms with Gasteiger partial charge in [-0.05, 0) is 35.7 Å². The molecule has 1 N–H and O–H groups in total. The Balaban J connectivity index is 1.86. The maximum atomic E-state index is 13.5. The summed E-state index contributed by atoms with van der Waals surface area (Å²) in [5.41, 5.74) is 1.47. The number of nitrogens with one attached hydrogen (secondary N) is 1. The van der Waals surface area contributed by atoms with Crippen molar-refractivity contribution in [3.63, 3.8) is 0 Å². The number of ether oxygens (including phenoxy) is 2. The number of hydrogen-bond acceptors (Lipinski definition) is 3. The summed E-state index contributed by atoms with van der Waals surface area (Å²) in [6.07, 6.45) is 0.336. The van der Waals surface area contributed by atoms with Crippen molar-refractivity contribution in [2.45, 2.75) is 18.9 Å². The first kappa shape index (κ1) is 17.9. The van der Waals surface area contributed by atoms with Crippen LogP contribution in [0.1, 0.15) is 23.7 Å². The van der Waals surface area contributed by atoms with Gasteiger partial charge in [-0.3, -0.25) is 4.79 Å². The smallest absolute Gasteiger partial charge is 0.220 e. The summed E-state index contributed by atoms with van der Waals surface area (Å²) in [5.74, 6) is 0.320. The lowest BCUT2D eigenvalue weighted by Crippen LogP contribution is -2.29. The van der Waals surface area contributed by atoms with Crippen molar-refractivity contribution in [1.29, 1.82) is 0 Å². The minimum atomic E-state index is -0.281. The molecule has 0 fully saturated rings. The fraction of sp³-hybridized carbons (Fsp3) is 0.316. The van der Waals surface area contributed by atoms with Gasteiger partial charge in [0.05, 0.1) is 13.2 Å². The van der Waals surface area contributed by atoms with Crippen molar-refractivity contribution in [2.75, 3.05) is 20.8 Å². The predicted molar refractivity (Wildman–Crippen MR) is 90.5 cm³/mol. The number of carbonyl (C=O) groups excluding carboxylic acids is 1. The van der Waals surface area contributed by atoms with Crippen LogP contribution in [-0.2, 0) is 16.0 Å². The number of benzene rings is 2. The van der Waals surface area contributed by atoms with E-state index < -0.39 is 0 Å². The molecule has 0 radical (unpaired) electrons. The minimum Gasteiger partial charge on any atom is -0.497 e. The average molecular weight is 331 g/mol. The summed E-state index contributed by atoms with van der Waals surface area (Å²) >= 11 is 0. The molecule has 0 spiro atoms. The van der Waals surface area contributed by atoms with Crippen molar-refractivity contribution in [2.24, 2.45) is 0 Å². The highest BCUT2D eigenvalue weighted by Gasteiger charge is 2.13. The van der Waals surface area contributed by atoms with E-state index in [2.05, 4.69) is 5.32 Å². The van der Waals surface area contributed by atoms with E-state index in [-0.39, 0.29) is 24.2 Å². The number of methoxy groups -OCH3 is 2. The first-order chi connectivity index (χ1) is 11.6. The molecule has 1 atom stereocenters. The van der Waals surface area contributed by atoms with E-state index in [0.29, 0.717) is 18.5 Å². The Bertz CT molecular complexity index is 675. The Morgan fingerprint density at radius 1 is 1.17 bits per heavy atom. The minimum absolute atomic E-state index is 0.136. The summed E-state index contributed by atoms with van der Waals surface area (Å²) in [6, 6.07) is 14.0. The van der Waals surface area contributed by atoms with Crippen molar-refractivity contribution < 1.29 is 18.7 Å². The first-order valence-corrected chi connectivity index (χ1v) is 7.81. The van der Waals surface area contributed by atoms with Crippen LogP contribution in [0.25, 0.3) is 0 Å². The van der Waals surface area contributed by atoms with Crippen LogP contribution in [0.15, 0.2) is 48.5 Å². The number of halogens is 1. The molecular formula is C19H22FNO3. The van der Waals surface area contributed by atoms with Gasteiger partial charge in [-0.15, -0.1) is 0 Å². The Morgan fingerprint density at radius 3 is 2.67 bits per heavy atom. The molecule has 0 unspecified atom stereocenters. The van der Waals surface area contributed by atoms with Gasteiger partial charge < -0.3 is 14.8 Å². The molecule has 4 nitrogen and oxygen atoms in total. The van der Waals surface area contributed by atoms with Crippen LogP contribution in [0, 0.1) is 5.82 Å². The maximum absolute atomic E-state index is 13.5. The van der Waals surface area contributed by atoms with Crippen molar-refractivity contribution in [3.05, 3.63) is 65.5 Å². The highest BCUT2D eigenvalue weighted by Crippen LogP contribution is 2.21. The maximum Gasteiger partial charge on any atom is 0.220 e. The summed E-state index contributed by atoms with van der Waals surface area (Å²) in [6.45, 7) is 0.347. The molecule has 0 aliphatic heterocycles. The topological polar surface area (TPSA) is 47.6 Å². The Labute approximate surface area is 141 Å². The van der Waals surface area contributed by atoms with Gasteiger partial charge in [0.1, 0.15) is 11.6 Å². The van der Waals surface area contributed by atoms with Gasteiger partial charge in [-0.25, -0.2) is 4.39 Å². The second-order valence-corrected chi connectivity index (χ2v) is 5.40. The van der Waals surface area contributed by atoms with Crippen LogP contribution in [0.4, 0.5) is 4.39 Å². The third kappa shape index (κ3) is 5.06. The van der Waals surface area contributed by atoms with Crippen molar-refractivity contribution >= 4 is 5.91 Å². The fourth-order valence-electron chi connectivity index (χ4n) is 2.42. The van der Waals surface area contributed by atoms with Gasteiger partial charge in [0.15, 0.2) is 0 Å². The summed E-state index contributed by atoms with van der Waals surface area (Å²) in [5, 5.41) is 2.83. The number of hydrogen-bond donors (Lipinski definition) is 1. The molecular weight excluding hydrogens is 309 g/mol. The second-order valence-electron chi connectivity index (χ2n) is 5.40. The molecule has 24 heavy (non-hydrogen) atoms. The van der Waals surface area contributed by atoms with Crippen LogP contribution < -0.4 is 10.1 Å². The Hall–Kier alpha value is -2.40. The van der Waals surface area contributed by atoms with Crippen molar-refractivity contribution in [3.8, 4) is 5.75 Å². The number of carbonyl (C=O) groups is 1. The monoisotopic (exact) mass is 331 g/mol. The highest BCUT2D eigenvalue weighted by atomic mass is 19.1. The zero-order chi connectivity index (χ0) is 17.4. The summed E-state index contributed by atoms with van der Waals surface area (Å²) < 4.78 is 24.2. The molecule has 0 saturated carbocycles. The molecule has 0 aliphatic carbocycles. The molecule has 2 rings (SSSR count). The van der Waals surface area contributed by atoms with E-state index in [1.165, 1.54) is 6.07 Å². The lowest BCUT2D eigenvalue weighted by atomic mass is 10.1. The molecule has 2 aromatic carbocycles. The van der Waals surface area contributed by atoms with Gasteiger partial charge >= 0.3 is 0 Å². The molecule has 0 bridgehead atoms. The van der Waals surface area contributed by atoms with Crippen LogP contribution >= 0.6 is 0 Å². The van der Waals surface area contributed by atoms with Gasteiger partial charge in [0.25, 0.3) is 0 Å². The third-order valence-corrected chi connectivity index (χ3v) is 3.81. The third-order valence-electron chi connectivity index (χ3n) is 3.81. The number of aryl methyl sites for hydroxylation is 1. The van der Waals surface area contributed by atoms with Gasteiger partial charge in [0, 0.05) is 20.1 Å². The van der Waals surface area contributed by atoms with Crippen LogP contribution in [0.5, 0.6) is 5.75 Å². The SMILES string of the molecule is COc1cccc([C@H](CNC(=O)CCc2ccccc2F)OC)c1. The van der Waals surface area contributed by atoms with Gasteiger partial charge in [-0.2, -0.15) is 0 Å². The largest absolute Gasteiger partial charge is 0.497 e. The molecule has 0 aliphatic rings. The summed E-state index contributed by atoms with van der Waals surface area (Å²) in [7, 11) is 3.20. The van der Waals surface area contributed by atoms with E-state index in [9.17, 15) is 9.18 Å². The molecule has 128 valence electrons. The van der Waals surface area contributed by atoms with Crippen LogP contribution in [-0.4, -0.2) is 26.7 Å². The van der Waals surface area contributed by atoms with Crippen molar-refractivity contribution in [1.82, 2.24) is 5.32 Å². The average Bonchev–Trinajstić information content (AvgIpc) is 2.61. The molecule has 2 aromatic rings. The lowest BCUT2D eigenvalue weighted by Gasteiger charge is -2.17. The zero-order valence-electron chi connectivity index (χ0n) is 13.9. The first-order valence-electron chi connectivity index (χ1n) is 7.81. The van der Waals surface area contributed by atoms with E-state index in [1.807, 2.05) is 24.3 Å². The fourth-order valence-corrected chi connectivity index (χ4v) is 2.42. The van der Waals surface area contributed by atoms with Crippen LogP contribution in [0.3, 0.4) is 0 Å². The quantitative estimate of drug-likeness (QED) is 0.807. The Kier molecular flexibility index (Phi) is 6.75. The Morgan fingerprint density at radius 2 is 1.96 bits per heavy atom. The van der Waals surface area contributed by atoms with Gasteiger partial charge in [-0.1, -0.05) is 30.3 Å². The van der Waals surface area contributed by atoms with E-state index in [1.54, 1.807) is 32.4 Å².